The predicted octanol–water partition coefficient (Wildman–Crippen LogP) is 3.07. The van der Waals surface area contributed by atoms with E-state index in [2.05, 4.69) is 33.0 Å². The molecule has 0 spiro atoms. The quantitative estimate of drug-likeness (QED) is 0.787. The minimum absolute atomic E-state index is 0.0927. The summed E-state index contributed by atoms with van der Waals surface area (Å²) in [5.41, 5.74) is 6.96. The minimum Gasteiger partial charge on any atom is -0.398 e. The molecule has 0 fully saturated rings. The van der Waals surface area contributed by atoms with Crippen molar-refractivity contribution in [1.82, 2.24) is 5.32 Å². The van der Waals surface area contributed by atoms with Crippen LogP contribution in [0.5, 0.6) is 0 Å². The van der Waals surface area contributed by atoms with Gasteiger partial charge in [0.1, 0.15) is 0 Å². The molecule has 0 bridgehead atoms. The highest BCUT2D eigenvalue weighted by Crippen LogP contribution is 2.24. The van der Waals surface area contributed by atoms with Crippen LogP contribution in [0.2, 0.25) is 0 Å². The zero-order valence-electron chi connectivity index (χ0n) is 11.8. The van der Waals surface area contributed by atoms with Gasteiger partial charge in [0.15, 0.2) is 0 Å². The van der Waals surface area contributed by atoms with E-state index < -0.39 is 0 Å². The van der Waals surface area contributed by atoms with Gasteiger partial charge in [-0.25, -0.2) is 0 Å². The van der Waals surface area contributed by atoms with Gasteiger partial charge in [-0.1, -0.05) is 39.8 Å². The van der Waals surface area contributed by atoms with E-state index in [1.807, 2.05) is 12.1 Å². The largest absolute Gasteiger partial charge is 0.398 e. The molecule has 18 heavy (non-hydrogen) atoms. The van der Waals surface area contributed by atoms with Crippen molar-refractivity contribution < 1.29 is 4.79 Å². The third-order valence-electron chi connectivity index (χ3n) is 2.89. The lowest BCUT2D eigenvalue weighted by Gasteiger charge is -2.27. The van der Waals surface area contributed by atoms with E-state index in [4.69, 9.17) is 5.73 Å². The maximum Gasteiger partial charge on any atom is 0.253 e. The first kappa shape index (κ1) is 14.6. The monoisotopic (exact) mass is 248 g/mol. The second-order valence-electron chi connectivity index (χ2n) is 6.03. The van der Waals surface area contributed by atoms with Gasteiger partial charge >= 0.3 is 0 Å². The van der Waals surface area contributed by atoms with Gasteiger partial charge in [0.2, 0.25) is 0 Å². The molecule has 1 aromatic carbocycles. The van der Waals surface area contributed by atoms with Crippen LogP contribution in [0.1, 0.15) is 44.5 Å². The zero-order valence-corrected chi connectivity index (χ0v) is 11.8. The highest BCUT2D eigenvalue weighted by molar-refractivity contribution is 5.99. The highest BCUT2D eigenvalue weighted by Gasteiger charge is 2.21. The Morgan fingerprint density at radius 2 is 1.94 bits per heavy atom. The van der Waals surface area contributed by atoms with Crippen LogP contribution < -0.4 is 11.1 Å². The highest BCUT2D eigenvalue weighted by atomic mass is 16.1. The summed E-state index contributed by atoms with van der Waals surface area (Å²) in [5.74, 6) is 0.531. The lowest BCUT2D eigenvalue weighted by atomic mass is 9.84. The molecule has 100 valence electrons. The van der Waals surface area contributed by atoms with E-state index in [-0.39, 0.29) is 11.3 Å². The number of carbonyl (C=O) groups excluding carboxylic acids is 1. The second-order valence-corrected chi connectivity index (χ2v) is 6.03. The van der Waals surface area contributed by atoms with Crippen LogP contribution >= 0.6 is 0 Å². The fourth-order valence-corrected chi connectivity index (χ4v) is 2.30. The normalized spacial score (nSPS) is 11.6. The summed E-state index contributed by atoms with van der Waals surface area (Å²) >= 11 is 0. The number of benzene rings is 1. The van der Waals surface area contributed by atoms with Crippen molar-refractivity contribution in [1.29, 1.82) is 0 Å². The first-order valence-corrected chi connectivity index (χ1v) is 6.44. The number of para-hydroxylation sites is 1. The van der Waals surface area contributed by atoms with E-state index in [1.54, 1.807) is 12.1 Å². The summed E-state index contributed by atoms with van der Waals surface area (Å²) in [4.78, 5) is 12.0. The van der Waals surface area contributed by atoms with Crippen molar-refractivity contribution in [3.05, 3.63) is 29.8 Å². The molecule has 3 nitrogen and oxygen atoms in total. The van der Waals surface area contributed by atoms with Crippen molar-refractivity contribution in [2.24, 2.45) is 11.3 Å². The van der Waals surface area contributed by atoms with Crippen LogP contribution in [0.4, 0.5) is 5.69 Å². The van der Waals surface area contributed by atoms with Gasteiger partial charge in [0.05, 0.1) is 5.56 Å². The topological polar surface area (TPSA) is 55.1 Å². The summed E-state index contributed by atoms with van der Waals surface area (Å²) in [5, 5.41) is 2.97. The molecule has 0 atom stereocenters. The predicted molar refractivity (Wildman–Crippen MR) is 76.4 cm³/mol. The van der Waals surface area contributed by atoms with Gasteiger partial charge in [0.25, 0.3) is 5.91 Å². The number of nitrogens with two attached hydrogens (primary N) is 1. The lowest BCUT2D eigenvalue weighted by Crippen LogP contribution is -2.35. The molecule has 0 saturated heterocycles. The molecule has 3 heteroatoms. The first-order valence-electron chi connectivity index (χ1n) is 6.44. The van der Waals surface area contributed by atoms with Crippen LogP contribution in [-0.2, 0) is 0 Å². The molecule has 0 aromatic heterocycles. The average molecular weight is 248 g/mol. The van der Waals surface area contributed by atoms with E-state index in [1.165, 1.54) is 0 Å². The zero-order chi connectivity index (χ0) is 13.8. The number of nitrogen functional groups attached to an aromatic ring is 1. The Morgan fingerprint density at radius 3 is 2.50 bits per heavy atom. The number of amides is 1. The average Bonchev–Trinajstić information content (AvgIpc) is 2.25. The molecule has 0 unspecified atom stereocenters. The standard InChI is InChI=1S/C15H24N2O/c1-11(2)9-15(3,4)10-17-14(18)12-7-5-6-8-13(12)16/h5-8,11H,9-10,16H2,1-4H3,(H,17,18). The maximum absolute atomic E-state index is 12.0. The third-order valence-corrected chi connectivity index (χ3v) is 2.89. The second kappa shape index (κ2) is 5.89. The molecule has 0 radical (unpaired) electrons. The number of rotatable bonds is 5. The summed E-state index contributed by atoms with van der Waals surface area (Å²) in [6.45, 7) is 9.39. The number of anilines is 1. The fourth-order valence-electron chi connectivity index (χ4n) is 2.30. The SMILES string of the molecule is CC(C)CC(C)(C)CNC(=O)c1ccccc1N. The number of nitrogens with one attached hydrogen (secondary N) is 1. The van der Waals surface area contributed by atoms with Gasteiger partial charge in [0, 0.05) is 12.2 Å². The van der Waals surface area contributed by atoms with Gasteiger partial charge < -0.3 is 11.1 Å². The molecule has 3 N–H and O–H groups in total. The molecular formula is C15H24N2O. The molecular weight excluding hydrogens is 224 g/mol. The molecule has 0 heterocycles. The summed E-state index contributed by atoms with van der Waals surface area (Å²) in [6, 6.07) is 7.15. The molecule has 0 saturated carbocycles. The maximum atomic E-state index is 12.0. The van der Waals surface area contributed by atoms with Crippen LogP contribution in [0, 0.1) is 11.3 Å². The van der Waals surface area contributed by atoms with E-state index >= 15 is 0 Å². The van der Waals surface area contributed by atoms with Crippen LogP contribution in [0.15, 0.2) is 24.3 Å². The van der Waals surface area contributed by atoms with Crippen LogP contribution in [0.25, 0.3) is 0 Å². The molecule has 0 aliphatic rings. The fraction of sp³-hybridized carbons (Fsp3) is 0.533. The van der Waals surface area contributed by atoms with Gasteiger partial charge in [-0.15, -0.1) is 0 Å². The van der Waals surface area contributed by atoms with Gasteiger partial charge in [-0.05, 0) is 29.9 Å². The molecule has 1 amide bonds. The number of carbonyl (C=O) groups is 1. The Labute approximate surface area is 110 Å². The van der Waals surface area contributed by atoms with Crippen LogP contribution in [-0.4, -0.2) is 12.5 Å². The Morgan fingerprint density at radius 1 is 1.33 bits per heavy atom. The Bertz CT molecular complexity index is 411. The summed E-state index contributed by atoms with van der Waals surface area (Å²) < 4.78 is 0. The van der Waals surface area contributed by atoms with Gasteiger partial charge in [-0.3, -0.25) is 4.79 Å². The third kappa shape index (κ3) is 4.40. The summed E-state index contributed by atoms with van der Waals surface area (Å²) in [7, 11) is 0. The number of hydrogen-bond acceptors (Lipinski definition) is 2. The smallest absolute Gasteiger partial charge is 0.253 e. The van der Waals surface area contributed by atoms with Gasteiger partial charge in [-0.2, -0.15) is 0 Å². The Balaban J connectivity index is 2.59. The minimum atomic E-state index is -0.0927. The Kier molecular flexibility index (Phi) is 4.76. The lowest BCUT2D eigenvalue weighted by molar-refractivity contribution is 0.0932. The van der Waals surface area contributed by atoms with Crippen LogP contribution in [0.3, 0.4) is 0 Å². The van der Waals surface area contributed by atoms with Crippen molar-refractivity contribution in [3.8, 4) is 0 Å². The first-order chi connectivity index (χ1) is 8.32. The van der Waals surface area contributed by atoms with Crippen molar-refractivity contribution in [2.75, 3.05) is 12.3 Å². The molecule has 1 aromatic rings. The van der Waals surface area contributed by atoms with Crippen molar-refractivity contribution >= 4 is 11.6 Å². The number of hydrogen-bond donors (Lipinski definition) is 2. The van der Waals surface area contributed by atoms with E-state index in [0.29, 0.717) is 23.7 Å². The van der Waals surface area contributed by atoms with Crippen molar-refractivity contribution in [2.45, 2.75) is 34.1 Å². The Hall–Kier alpha value is -1.51. The molecule has 1 rings (SSSR count). The molecule has 0 aliphatic carbocycles. The van der Waals surface area contributed by atoms with Crippen molar-refractivity contribution in [3.63, 3.8) is 0 Å². The van der Waals surface area contributed by atoms with E-state index in [0.717, 1.165) is 6.42 Å². The van der Waals surface area contributed by atoms with E-state index in [9.17, 15) is 4.79 Å². The summed E-state index contributed by atoms with van der Waals surface area (Å²) in [6.07, 6.45) is 1.08. The molecule has 0 aliphatic heterocycles.